The normalized spacial score (nSPS) is 10.6. The van der Waals surface area contributed by atoms with Crippen LogP contribution in [0, 0.1) is 0 Å². The molecular weight excluding hydrogens is 464 g/mol. The smallest absolute Gasteiger partial charge is 0.343 e. The molecule has 8 heteroatoms. The quantitative estimate of drug-likeness (QED) is 0.204. The lowest BCUT2D eigenvalue weighted by atomic mass is 10.0. The average molecular weight is 501 g/mol. The molecule has 8 nitrogen and oxygen atoms in total. The lowest BCUT2D eigenvalue weighted by Crippen LogP contribution is -2.16. The number of benzene rings is 2. The molecule has 0 bridgehead atoms. The first-order valence-electron chi connectivity index (χ1n) is 12.2. The number of ketones is 2. The molecule has 0 heterocycles. The summed E-state index contributed by atoms with van der Waals surface area (Å²) < 4.78 is 22.2. The molecule has 36 heavy (non-hydrogen) atoms. The summed E-state index contributed by atoms with van der Waals surface area (Å²) >= 11 is 0. The van der Waals surface area contributed by atoms with Crippen LogP contribution in [0.2, 0.25) is 0 Å². The Morgan fingerprint density at radius 1 is 0.778 bits per heavy atom. The van der Waals surface area contributed by atoms with Crippen molar-refractivity contribution in [3.05, 3.63) is 46.5 Å². The van der Waals surface area contributed by atoms with Gasteiger partial charge >= 0.3 is 5.97 Å². The topological polar surface area (TPSA) is 108 Å². The first kappa shape index (κ1) is 28.7. The van der Waals surface area contributed by atoms with Crippen molar-refractivity contribution in [1.29, 1.82) is 0 Å². The lowest BCUT2D eigenvalue weighted by molar-refractivity contribution is -0.142. The third-order valence-electron chi connectivity index (χ3n) is 5.58. The van der Waals surface area contributed by atoms with Crippen LogP contribution in [0.25, 0.3) is 0 Å². The number of Topliss-reactive ketones (excluding diaryl/α,β-unsaturated/α-hetero) is 2. The Morgan fingerprint density at radius 2 is 1.31 bits per heavy atom. The van der Waals surface area contributed by atoms with Gasteiger partial charge in [0.05, 0.1) is 31.5 Å². The Morgan fingerprint density at radius 3 is 1.83 bits per heavy atom. The number of phenols is 1. The van der Waals surface area contributed by atoms with Crippen LogP contribution in [0.3, 0.4) is 0 Å². The minimum atomic E-state index is -0.541. The number of hydrogen-bond donors (Lipinski definition) is 1. The van der Waals surface area contributed by atoms with Crippen LogP contribution < -0.4 is 14.2 Å². The van der Waals surface area contributed by atoms with Crippen LogP contribution in [0.15, 0.2) is 24.3 Å². The third-order valence-corrected chi connectivity index (χ3v) is 5.58. The van der Waals surface area contributed by atoms with Gasteiger partial charge in [-0.1, -0.05) is 26.7 Å². The fourth-order valence-corrected chi connectivity index (χ4v) is 3.82. The number of hydrogen-bond acceptors (Lipinski definition) is 8. The molecule has 0 atom stereocenters. The second kappa shape index (κ2) is 14.1. The van der Waals surface area contributed by atoms with E-state index in [0.29, 0.717) is 60.9 Å². The van der Waals surface area contributed by atoms with Crippen LogP contribution in [0.5, 0.6) is 23.0 Å². The first-order chi connectivity index (χ1) is 17.2. The predicted molar refractivity (Wildman–Crippen MR) is 136 cm³/mol. The third kappa shape index (κ3) is 7.47. The van der Waals surface area contributed by atoms with Crippen molar-refractivity contribution < 1.29 is 38.4 Å². The van der Waals surface area contributed by atoms with E-state index in [2.05, 4.69) is 4.74 Å². The molecule has 0 aromatic heterocycles. The van der Waals surface area contributed by atoms with Crippen molar-refractivity contribution in [2.45, 2.75) is 59.8 Å². The maximum atomic E-state index is 12.1. The highest BCUT2D eigenvalue weighted by Gasteiger charge is 2.20. The van der Waals surface area contributed by atoms with Gasteiger partial charge in [0.2, 0.25) is 0 Å². The van der Waals surface area contributed by atoms with Crippen LogP contribution in [-0.4, -0.2) is 49.6 Å². The van der Waals surface area contributed by atoms with E-state index in [1.54, 1.807) is 24.3 Å². The number of esters is 1. The molecule has 0 aliphatic rings. The van der Waals surface area contributed by atoms with Gasteiger partial charge in [-0.05, 0) is 51.0 Å². The number of rotatable bonds is 15. The summed E-state index contributed by atoms with van der Waals surface area (Å²) in [6, 6.07) is 6.67. The maximum Gasteiger partial charge on any atom is 0.343 e. The zero-order chi connectivity index (χ0) is 26.7. The number of ether oxygens (including phenoxy) is 4. The van der Waals surface area contributed by atoms with Crippen molar-refractivity contribution in [1.82, 2.24) is 0 Å². The Kier molecular flexibility index (Phi) is 11.2. The number of phenolic OH excluding ortho intramolecular Hbond substituents is 1. The molecule has 0 amide bonds. The highest BCUT2D eigenvalue weighted by atomic mass is 16.6. The summed E-state index contributed by atoms with van der Waals surface area (Å²) in [4.78, 5) is 35.5. The molecule has 0 fully saturated rings. The SMILES string of the molecule is CCCc1c(OCCCOc2ccc(C(C)=O)c(OCC(=O)OC)c2CCC)ccc(C(C)=O)c1O. The first-order valence-corrected chi connectivity index (χ1v) is 12.2. The van der Waals surface area contributed by atoms with E-state index >= 15 is 0 Å². The van der Waals surface area contributed by atoms with Gasteiger partial charge in [0.1, 0.15) is 23.0 Å². The number of methoxy groups -OCH3 is 1. The second-order valence-electron chi connectivity index (χ2n) is 8.39. The molecule has 1 N–H and O–H groups in total. The van der Waals surface area contributed by atoms with Crippen LogP contribution >= 0.6 is 0 Å². The monoisotopic (exact) mass is 500 g/mol. The Hall–Kier alpha value is -3.55. The number of aromatic hydroxyl groups is 1. The molecule has 0 unspecified atom stereocenters. The molecular formula is C28H36O8. The predicted octanol–water partition coefficient (Wildman–Crippen LogP) is 5.10. The molecule has 2 aromatic rings. The van der Waals surface area contributed by atoms with E-state index < -0.39 is 5.97 Å². The van der Waals surface area contributed by atoms with Gasteiger partial charge in [-0.3, -0.25) is 9.59 Å². The van der Waals surface area contributed by atoms with Crippen molar-refractivity contribution in [3.63, 3.8) is 0 Å². The zero-order valence-electron chi connectivity index (χ0n) is 21.8. The van der Waals surface area contributed by atoms with Gasteiger partial charge in [-0.25, -0.2) is 4.79 Å². The summed E-state index contributed by atoms with van der Waals surface area (Å²) in [7, 11) is 1.27. The molecule has 0 saturated heterocycles. The van der Waals surface area contributed by atoms with Crippen molar-refractivity contribution in [2.75, 3.05) is 26.9 Å². The van der Waals surface area contributed by atoms with Crippen LogP contribution in [0.4, 0.5) is 0 Å². The van der Waals surface area contributed by atoms with E-state index in [-0.39, 0.29) is 29.5 Å². The summed E-state index contributed by atoms with van der Waals surface area (Å²) in [6.45, 7) is 7.24. The lowest BCUT2D eigenvalue weighted by Gasteiger charge is -2.18. The maximum absolute atomic E-state index is 12.1. The molecule has 196 valence electrons. The molecule has 2 rings (SSSR count). The molecule has 0 radical (unpaired) electrons. The van der Waals surface area contributed by atoms with Gasteiger partial charge < -0.3 is 24.1 Å². The number of carbonyl (C=O) groups excluding carboxylic acids is 3. The van der Waals surface area contributed by atoms with Gasteiger partial charge in [0, 0.05) is 17.5 Å². The molecule has 2 aromatic carbocycles. The van der Waals surface area contributed by atoms with E-state index in [1.165, 1.54) is 21.0 Å². The Labute approximate surface area is 212 Å². The second-order valence-corrected chi connectivity index (χ2v) is 8.39. The standard InChI is InChI=1S/C28H36O8/c1-6-9-22-24(13-11-20(18(3)29)27(22)32)34-15-8-16-35-25-14-12-21(19(4)30)28(23(25)10-7-2)36-17-26(31)33-5/h11-14,32H,6-10,15-17H2,1-5H3. The van der Waals surface area contributed by atoms with Crippen molar-refractivity contribution in [2.24, 2.45) is 0 Å². The van der Waals surface area contributed by atoms with Gasteiger partial charge in [0.25, 0.3) is 0 Å². The van der Waals surface area contributed by atoms with Crippen molar-refractivity contribution in [3.8, 4) is 23.0 Å². The van der Waals surface area contributed by atoms with Crippen LogP contribution in [-0.2, 0) is 22.4 Å². The fourth-order valence-electron chi connectivity index (χ4n) is 3.82. The number of carbonyl (C=O) groups is 3. The largest absolute Gasteiger partial charge is 0.507 e. The Bertz CT molecular complexity index is 1070. The summed E-state index contributed by atoms with van der Waals surface area (Å²) in [6.07, 6.45) is 3.33. The highest BCUT2D eigenvalue weighted by molar-refractivity contribution is 5.98. The molecule has 0 aliphatic carbocycles. The zero-order valence-corrected chi connectivity index (χ0v) is 21.8. The van der Waals surface area contributed by atoms with Gasteiger partial charge in [-0.15, -0.1) is 0 Å². The fraction of sp³-hybridized carbons (Fsp3) is 0.464. The molecule has 0 saturated carbocycles. The van der Waals surface area contributed by atoms with E-state index in [0.717, 1.165) is 18.4 Å². The van der Waals surface area contributed by atoms with Gasteiger partial charge in [0.15, 0.2) is 18.2 Å². The van der Waals surface area contributed by atoms with Crippen molar-refractivity contribution >= 4 is 17.5 Å². The van der Waals surface area contributed by atoms with Crippen LogP contribution in [0.1, 0.15) is 78.8 Å². The minimum Gasteiger partial charge on any atom is -0.507 e. The Balaban J connectivity index is 2.11. The molecule has 0 aliphatic heterocycles. The summed E-state index contributed by atoms with van der Waals surface area (Å²) in [5.74, 6) is 0.543. The summed E-state index contributed by atoms with van der Waals surface area (Å²) in [5.41, 5.74) is 2.03. The highest BCUT2D eigenvalue weighted by Crippen LogP contribution is 2.35. The minimum absolute atomic E-state index is 0.0210. The van der Waals surface area contributed by atoms with E-state index in [9.17, 15) is 19.5 Å². The van der Waals surface area contributed by atoms with Gasteiger partial charge in [-0.2, -0.15) is 0 Å². The molecule has 0 spiro atoms. The summed E-state index contributed by atoms with van der Waals surface area (Å²) in [5, 5.41) is 10.5. The van der Waals surface area contributed by atoms with E-state index in [4.69, 9.17) is 14.2 Å². The van der Waals surface area contributed by atoms with E-state index in [1.807, 2.05) is 13.8 Å². The average Bonchev–Trinajstić information content (AvgIpc) is 2.84.